The number of carbonyl (C=O) groups is 1. The molecule has 112 valence electrons. The third-order valence-electron chi connectivity index (χ3n) is 3.63. The minimum atomic E-state index is -0.650. The van der Waals surface area contributed by atoms with E-state index in [-0.39, 0.29) is 12.0 Å². The van der Waals surface area contributed by atoms with Crippen molar-refractivity contribution in [1.82, 2.24) is 15.1 Å². The van der Waals surface area contributed by atoms with Gasteiger partial charge in [-0.2, -0.15) is 5.10 Å². The molecule has 1 N–H and O–H groups in total. The van der Waals surface area contributed by atoms with Crippen molar-refractivity contribution in [1.29, 1.82) is 0 Å². The molecule has 1 unspecified atom stereocenters. The number of aryl methyl sites for hydroxylation is 1. The van der Waals surface area contributed by atoms with Crippen molar-refractivity contribution in [2.45, 2.75) is 58.7 Å². The van der Waals surface area contributed by atoms with E-state index < -0.39 is 5.54 Å². The molecule has 2 rings (SSSR count). The third-order valence-corrected chi connectivity index (χ3v) is 3.63. The summed E-state index contributed by atoms with van der Waals surface area (Å²) in [5, 5.41) is 7.79. The number of aromatic nitrogens is 2. The molecule has 1 heterocycles. The van der Waals surface area contributed by atoms with E-state index in [0.29, 0.717) is 19.1 Å². The molecule has 1 saturated carbocycles. The minimum Gasteiger partial charge on any atom is -0.465 e. The normalized spacial score (nSPS) is 18.1. The van der Waals surface area contributed by atoms with Crippen molar-refractivity contribution in [3.63, 3.8) is 0 Å². The molecule has 5 nitrogen and oxygen atoms in total. The Morgan fingerprint density at radius 2 is 2.30 bits per heavy atom. The van der Waals surface area contributed by atoms with Crippen molar-refractivity contribution in [3.05, 3.63) is 18.0 Å². The molecule has 1 aliphatic carbocycles. The second-order valence-electron chi connectivity index (χ2n) is 5.98. The van der Waals surface area contributed by atoms with Crippen LogP contribution in [-0.4, -0.2) is 33.9 Å². The van der Waals surface area contributed by atoms with E-state index in [1.54, 1.807) is 0 Å². The summed E-state index contributed by atoms with van der Waals surface area (Å²) in [6, 6.07) is 0.219. The average molecular weight is 279 g/mol. The Balaban J connectivity index is 2.27. The molecule has 1 aromatic rings. The molecular formula is C15H25N3O2. The maximum Gasteiger partial charge on any atom is 0.328 e. The molecule has 5 heteroatoms. The molecule has 0 spiro atoms. The van der Waals surface area contributed by atoms with Crippen LogP contribution in [-0.2, 0) is 16.1 Å². The Labute approximate surface area is 120 Å². The third kappa shape index (κ3) is 3.20. The van der Waals surface area contributed by atoms with Crippen LogP contribution in [0.15, 0.2) is 12.4 Å². The lowest BCUT2D eigenvalue weighted by Crippen LogP contribution is -2.60. The van der Waals surface area contributed by atoms with E-state index >= 15 is 0 Å². The van der Waals surface area contributed by atoms with Gasteiger partial charge < -0.3 is 4.74 Å². The van der Waals surface area contributed by atoms with Gasteiger partial charge in [0.2, 0.25) is 0 Å². The van der Waals surface area contributed by atoms with E-state index in [0.717, 1.165) is 18.4 Å². The zero-order valence-electron chi connectivity index (χ0n) is 12.8. The van der Waals surface area contributed by atoms with Crippen LogP contribution in [0.4, 0.5) is 0 Å². The first-order valence-electron chi connectivity index (χ1n) is 7.42. The van der Waals surface area contributed by atoms with Gasteiger partial charge in [0.1, 0.15) is 5.54 Å². The van der Waals surface area contributed by atoms with Crippen LogP contribution in [0.2, 0.25) is 0 Å². The predicted octanol–water partition coefficient (Wildman–Crippen LogP) is 1.90. The summed E-state index contributed by atoms with van der Waals surface area (Å²) in [5.74, 6) is 0.192. The highest BCUT2D eigenvalue weighted by atomic mass is 16.5. The maximum atomic E-state index is 12.6. The number of ether oxygens (including phenoxy) is 1. The first-order chi connectivity index (χ1) is 9.48. The van der Waals surface area contributed by atoms with Crippen LogP contribution in [0.5, 0.6) is 0 Å². The number of esters is 1. The Kier molecular flexibility index (Phi) is 4.48. The van der Waals surface area contributed by atoms with Gasteiger partial charge in [-0.05, 0) is 52.0 Å². The minimum absolute atomic E-state index is 0.149. The van der Waals surface area contributed by atoms with Gasteiger partial charge in [-0.1, -0.05) is 0 Å². The number of hydrogen-bond acceptors (Lipinski definition) is 4. The zero-order chi connectivity index (χ0) is 14.8. The second kappa shape index (κ2) is 5.95. The molecule has 1 aromatic heterocycles. The SMILES string of the molecule is CCOC(=O)C(Cn1cc(C)cn1)(NC(C)C)C1CC1. The lowest BCUT2D eigenvalue weighted by molar-refractivity contribution is -0.153. The van der Waals surface area contributed by atoms with Gasteiger partial charge in [-0.3, -0.25) is 10.00 Å². The summed E-state index contributed by atoms with van der Waals surface area (Å²) >= 11 is 0. The topological polar surface area (TPSA) is 56.2 Å². The van der Waals surface area contributed by atoms with Gasteiger partial charge in [0.15, 0.2) is 0 Å². The summed E-state index contributed by atoms with van der Waals surface area (Å²) in [6.07, 6.45) is 5.92. The molecule has 0 aromatic carbocycles. The molecular weight excluding hydrogens is 254 g/mol. The lowest BCUT2D eigenvalue weighted by Gasteiger charge is -2.34. The Bertz CT molecular complexity index is 465. The average Bonchev–Trinajstić information content (AvgIpc) is 3.13. The van der Waals surface area contributed by atoms with Gasteiger partial charge in [-0.15, -0.1) is 0 Å². The van der Waals surface area contributed by atoms with Crippen LogP contribution in [0.3, 0.4) is 0 Å². The molecule has 1 atom stereocenters. The summed E-state index contributed by atoms with van der Waals surface area (Å²) in [7, 11) is 0. The van der Waals surface area contributed by atoms with Gasteiger partial charge in [0, 0.05) is 12.2 Å². The first kappa shape index (κ1) is 15.0. The molecule has 20 heavy (non-hydrogen) atoms. The summed E-state index contributed by atoms with van der Waals surface area (Å²) in [4.78, 5) is 12.6. The quantitative estimate of drug-likeness (QED) is 0.775. The van der Waals surface area contributed by atoms with Crippen molar-refractivity contribution in [3.8, 4) is 0 Å². The van der Waals surface area contributed by atoms with Crippen molar-refractivity contribution in [2.75, 3.05) is 6.61 Å². The molecule has 0 saturated heterocycles. The fourth-order valence-corrected chi connectivity index (χ4v) is 2.74. The number of carbonyl (C=O) groups excluding carboxylic acids is 1. The highest BCUT2D eigenvalue weighted by molar-refractivity contribution is 5.82. The van der Waals surface area contributed by atoms with Crippen molar-refractivity contribution >= 4 is 5.97 Å². The standard InChI is InChI=1S/C15H25N3O2/c1-5-20-14(19)15(13-6-7-13,17-11(2)3)10-18-9-12(4)8-16-18/h8-9,11,13,17H,5-7,10H2,1-4H3. The molecule has 0 radical (unpaired) electrons. The van der Waals surface area contributed by atoms with Crippen molar-refractivity contribution < 1.29 is 9.53 Å². The Morgan fingerprint density at radius 1 is 1.60 bits per heavy atom. The van der Waals surface area contributed by atoms with Gasteiger partial charge in [-0.25, -0.2) is 4.79 Å². The van der Waals surface area contributed by atoms with E-state index in [2.05, 4.69) is 24.3 Å². The smallest absolute Gasteiger partial charge is 0.328 e. The van der Waals surface area contributed by atoms with Gasteiger partial charge >= 0.3 is 5.97 Å². The lowest BCUT2D eigenvalue weighted by atomic mass is 9.92. The largest absolute Gasteiger partial charge is 0.465 e. The number of rotatable bonds is 7. The maximum absolute atomic E-state index is 12.6. The first-order valence-corrected chi connectivity index (χ1v) is 7.42. The predicted molar refractivity (Wildman–Crippen MR) is 77.3 cm³/mol. The molecule has 0 bridgehead atoms. The summed E-state index contributed by atoms with van der Waals surface area (Å²) in [5.41, 5.74) is 0.450. The van der Waals surface area contributed by atoms with E-state index in [4.69, 9.17) is 4.74 Å². The highest BCUT2D eigenvalue weighted by Gasteiger charge is 2.52. The van der Waals surface area contributed by atoms with Crippen LogP contribution < -0.4 is 5.32 Å². The van der Waals surface area contributed by atoms with Crippen molar-refractivity contribution in [2.24, 2.45) is 5.92 Å². The number of nitrogens with one attached hydrogen (secondary N) is 1. The Morgan fingerprint density at radius 3 is 2.75 bits per heavy atom. The van der Waals surface area contributed by atoms with E-state index in [9.17, 15) is 4.79 Å². The molecule has 1 aliphatic rings. The number of hydrogen-bond donors (Lipinski definition) is 1. The summed E-state index contributed by atoms with van der Waals surface area (Å²) < 4.78 is 7.19. The zero-order valence-corrected chi connectivity index (χ0v) is 12.8. The fraction of sp³-hybridized carbons (Fsp3) is 0.733. The second-order valence-corrected chi connectivity index (χ2v) is 5.98. The van der Waals surface area contributed by atoms with Crippen LogP contribution in [0.1, 0.15) is 39.2 Å². The van der Waals surface area contributed by atoms with E-state index in [1.807, 2.05) is 30.9 Å². The van der Waals surface area contributed by atoms with Crippen LogP contribution in [0, 0.1) is 12.8 Å². The molecule has 0 aliphatic heterocycles. The van der Waals surface area contributed by atoms with E-state index in [1.165, 1.54) is 0 Å². The number of nitrogens with zero attached hydrogens (tertiary/aromatic N) is 2. The van der Waals surface area contributed by atoms with Gasteiger partial charge in [0.05, 0.1) is 19.3 Å². The van der Waals surface area contributed by atoms with Crippen LogP contribution >= 0.6 is 0 Å². The summed E-state index contributed by atoms with van der Waals surface area (Å²) in [6.45, 7) is 8.91. The van der Waals surface area contributed by atoms with Gasteiger partial charge in [0.25, 0.3) is 0 Å². The Hall–Kier alpha value is -1.36. The molecule has 1 fully saturated rings. The fourth-order valence-electron chi connectivity index (χ4n) is 2.74. The monoisotopic (exact) mass is 279 g/mol. The molecule has 0 amide bonds. The highest BCUT2D eigenvalue weighted by Crippen LogP contribution is 2.41. The van der Waals surface area contributed by atoms with Crippen LogP contribution in [0.25, 0.3) is 0 Å².